The summed E-state index contributed by atoms with van der Waals surface area (Å²) < 4.78 is 15.1. The quantitative estimate of drug-likeness (QED) is 0.861. The molecular formula is C15H16FN3O. The third-order valence-electron chi connectivity index (χ3n) is 3.60. The van der Waals surface area contributed by atoms with Crippen LogP contribution in [0.1, 0.15) is 18.4 Å². The Balaban J connectivity index is 1.73. The van der Waals surface area contributed by atoms with E-state index in [1.165, 1.54) is 12.1 Å². The zero-order valence-electron chi connectivity index (χ0n) is 11.1. The van der Waals surface area contributed by atoms with E-state index in [4.69, 9.17) is 0 Å². The highest BCUT2D eigenvalue weighted by Crippen LogP contribution is 2.28. The molecule has 0 fully saturated rings. The number of hydrogen-bond acceptors (Lipinski definition) is 2. The summed E-state index contributed by atoms with van der Waals surface area (Å²) in [4.78, 5) is 18.1. The number of halogens is 1. The molecule has 0 unspecified atom stereocenters. The fourth-order valence-electron chi connectivity index (χ4n) is 2.60. The van der Waals surface area contributed by atoms with Crippen molar-refractivity contribution in [2.45, 2.75) is 25.8 Å². The molecule has 1 amide bonds. The number of nitrogens with zero attached hydrogens (tertiary/aromatic N) is 3. The van der Waals surface area contributed by atoms with Gasteiger partial charge >= 0.3 is 0 Å². The van der Waals surface area contributed by atoms with Gasteiger partial charge in [-0.15, -0.1) is 0 Å². The van der Waals surface area contributed by atoms with Crippen molar-refractivity contribution < 1.29 is 9.18 Å². The van der Waals surface area contributed by atoms with Crippen molar-refractivity contribution in [2.24, 2.45) is 0 Å². The maximum absolute atomic E-state index is 13.2. The summed E-state index contributed by atoms with van der Waals surface area (Å²) in [5.41, 5.74) is 1.78. The van der Waals surface area contributed by atoms with Crippen LogP contribution in [0.4, 0.5) is 10.1 Å². The number of imidazole rings is 1. The molecule has 0 radical (unpaired) electrons. The van der Waals surface area contributed by atoms with Crippen molar-refractivity contribution in [3.05, 3.63) is 48.3 Å². The van der Waals surface area contributed by atoms with Crippen molar-refractivity contribution in [3.8, 4) is 0 Å². The van der Waals surface area contributed by atoms with E-state index in [0.29, 0.717) is 19.5 Å². The lowest BCUT2D eigenvalue weighted by Crippen LogP contribution is -2.35. The largest absolute Gasteiger partial charge is 0.337 e. The first-order valence-corrected chi connectivity index (χ1v) is 6.78. The third-order valence-corrected chi connectivity index (χ3v) is 3.60. The molecule has 0 N–H and O–H groups in total. The van der Waals surface area contributed by atoms with Crippen molar-refractivity contribution in [2.75, 3.05) is 11.4 Å². The minimum Gasteiger partial charge on any atom is -0.337 e. The lowest BCUT2D eigenvalue weighted by atomic mass is 10.0. The highest BCUT2D eigenvalue weighted by atomic mass is 19.1. The van der Waals surface area contributed by atoms with E-state index in [9.17, 15) is 9.18 Å². The van der Waals surface area contributed by atoms with Crippen LogP contribution in [0.5, 0.6) is 0 Å². The van der Waals surface area contributed by atoms with Crippen LogP contribution in [0.3, 0.4) is 0 Å². The molecular weight excluding hydrogens is 257 g/mol. The Morgan fingerprint density at radius 1 is 1.40 bits per heavy atom. The van der Waals surface area contributed by atoms with Crippen molar-refractivity contribution >= 4 is 11.6 Å². The molecule has 20 heavy (non-hydrogen) atoms. The Morgan fingerprint density at radius 2 is 2.30 bits per heavy atom. The monoisotopic (exact) mass is 273 g/mol. The molecule has 1 aliphatic heterocycles. The minimum atomic E-state index is -0.239. The standard InChI is InChI=1S/C15H16FN3O/c16-13-3-4-14-12(10-13)2-1-7-19(14)15(20)5-8-18-9-6-17-11-18/h3-4,6,9-11H,1-2,5,7-8H2. The van der Waals surface area contributed by atoms with Crippen LogP contribution in [-0.4, -0.2) is 22.0 Å². The first-order valence-electron chi connectivity index (χ1n) is 6.78. The molecule has 3 rings (SSSR count). The lowest BCUT2D eigenvalue weighted by Gasteiger charge is -2.29. The number of amides is 1. The second kappa shape index (κ2) is 5.45. The zero-order valence-corrected chi connectivity index (χ0v) is 11.1. The van der Waals surface area contributed by atoms with Gasteiger partial charge in [0.05, 0.1) is 6.33 Å². The van der Waals surface area contributed by atoms with Crippen molar-refractivity contribution in [1.82, 2.24) is 9.55 Å². The summed E-state index contributed by atoms with van der Waals surface area (Å²) in [5, 5.41) is 0. The minimum absolute atomic E-state index is 0.0752. The van der Waals surface area contributed by atoms with Crippen molar-refractivity contribution in [1.29, 1.82) is 0 Å². The SMILES string of the molecule is O=C(CCn1ccnc1)N1CCCc2cc(F)ccc21. The number of carbonyl (C=O) groups is 1. The number of aryl methyl sites for hydroxylation is 2. The summed E-state index contributed by atoms with van der Waals surface area (Å²) >= 11 is 0. The van der Waals surface area contributed by atoms with E-state index in [1.54, 1.807) is 23.5 Å². The average molecular weight is 273 g/mol. The topological polar surface area (TPSA) is 38.1 Å². The fraction of sp³-hybridized carbons (Fsp3) is 0.333. The van der Waals surface area contributed by atoms with E-state index in [-0.39, 0.29) is 11.7 Å². The predicted octanol–water partition coefficient (Wildman–Crippen LogP) is 2.39. The van der Waals surface area contributed by atoms with E-state index in [0.717, 1.165) is 24.1 Å². The molecule has 0 aliphatic carbocycles. The molecule has 5 heteroatoms. The lowest BCUT2D eigenvalue weighted by molar-refractivity contribution is -0.118. The molecule has 0 saturated carbocycles. The van der Waals surface area contributed by atoms with E-state index in [2.05, 4.69) is 4.98 Å². The Morgan fingerprint density at radius 3 is 3.10 bits per heavy atom. The van der Waals surface area contributed by atoms with Gasteiger partial charge in [-0.2, -0.15) is 0 Å². The molecule has 2 aromatic rings. The molecule has 1 aromatic heterocycles. The highest BCUT2D eigenvalue weighted by molar-refractivity contribution is 5.94. The Kier molecular flexibility index (Phi) is 3.50. The number of aromatic nitrogens is 2. The summed E-state index contributed by atoms with van der Waals surface area (Å²) in [6.45, 7) is 1.33. The Bertz CT molecular complexity index is 610. The van der Waals surface area contributed by atoms with Crippen LogP contribution in [0.25, 0.3) is 0 Å². The predicted molar refractivity (Wildman–Crippen MR) is 73.9 cm³/mol. The van der Waals surface area contributed by atoms with Gasteiger partial charge in [0.1, 0.15) is 5.82 Å². The van der Waals surface area contributed by atoms with Gasteiger partial charge < -0.3 is 9.47 Å². The van der Waals surface area contributed by atoms with Gasteiger partial charge in [0.2, 0.25) is 5.91 Å². The van der Waals surface area contributed by atoms with Gasteiger partial charge in [0, 0.05) is 37.6 Å². The molecule has 1 aliphatic rings. The molecule has 0 bridgehead atoms. The van der Waals surface area contributed by atoms with Crippen LogP contribution < -0.4 is 4.90 Å². The van der Waals surface area contributed by atoms with Crippen LogP contribution in [0.2, 0.25) is 0 Å². The van der Waals surface area contributed by atoms with Gasteiger partial charge in [0.25, 0.3) is 0 Å². The van der Waals surface area contributed by atoms with Crippen LogP contribution in [0.15, 0.2) is 36.9 Å². The number of fused-ring (bicyclic) bond motifs is 1. The van der Waals surface area contributed by atoms with Gasteiger partial charge in [0.15, 0.2) is 0 Å². The smallest absolute Gasteiger partial charge is 0.228 e. The van der Waals surface area contributed by atoms with E-state index < -0.39 is 0 Å². The van der Waals surface area contributed by atoms with Crippen LogP contribution in [0, 0.1) is 5.82 Å². The molecule has 4 nitrogen and oxygen atoms in total. The molecule has 2 heterocycles. The molecule has 0 atom stereocenters. The number of hydrogen-bond donors (Lipinski definition) is 0. The second-order valence-electron chi connectivity index (χ2n) is 4.97. The summed E-state index contributed by atoms with van der Waals surface area (Å²) in [6, 6.07) is 4.66. The number of benzene rings is 1. The first-order chi connectivity index (χ1) is 9.74. The summed E-state index contributed by atoms with van der Waals surface area (Å²) in [7, 11) is 0. The van der Waals surface area contributed by atoms with Crippen molar-refractivity contribution in [3.63, 3.8) is 0 Å². The van der Waals surface area contributed by atoms with E-state index >= 15 is 0 Å². The van der Waals surface area contributed by atoms with E-state index in [1.807, 2.05) is 10.8 Å². The maximum Gasteiger partial charge on any atom is 0.228 e. The van der Waals surface area contributed by atoms with Gasteiger partial charge in [-0.25, -0.2) is 9.37 Å². The first kappa shape index (κ1) is 12.8. The summed E-state index contributed by atoms with van der Waals surface area (Å²) in [6.07, 6.45) is 7.38. The van der Waals surface area contributed by atoms with Gasteiger partial charge in [-0.1, -0.05) is 0 Å². The van der Waals surface area contributed by atoms with Gasteiger partial charge in [-0.3, -0.25) is 4.79 Å². The highest BCUT2D eigenvalue weighted by Gasteiger charge is 2.22. The fourth-order valence-corrected chi connectivity index (χ4v) is 2.60. The number of anilines is 1. The average Bonchev–Trinajstić information content (AvgIpc) is 2.97. The Hall–Kier alpha value is -2.17. The molecule has 0 spiro atoms. The molecule has 104 valence electrons. The maximum atomic E-state index is 13.2. The summed E-state index contributed by atoms with van der Waals surface area (Å²) in [5.74, 6) is -0.164. The zero-order chi connectivity index (χ0) is 13.9. The number of carbonyl (C=O) groups excluding carboxylic acids is 1. The second-order valence-corrected chi connectivity index (χ2v) is 4.97. The van der Waals surface area contributed by atoms with Crippen LogP contribution >= 0.6 is 0 Å². The third kappa shape index (κ3) is 2.57. The molecule has 1 aromatic carbocycles. The number of rotatable bonds is 3. The van der Waals surface area contributed by atoms with Gasteiger partial charge in [-0.05, 0) is 36.6 Å². The molecule has 0 saturated heterocycles. The normalized spacial score (nSPS) is 14.2. The van der Waals surface area contributed by atoms with Crippen LogP contribution in [-0.2, 0) is 17.8 Å². The Labute approximate surface area is 116 Å².